The molecular formula is C21H17ClN4O. The molecular weight excluding hydrogens is 360 g/mol. The van der Waals surface area contributed by atoms with Gasteiger partial charge in [0.1, 0.15) is 17.5 Å². The lowest BCUT2D eigenvalue weighted by atomic mass is 10.1. The van der Waals surface area contributed by atoms with Gasteiger partial charge in [0.15, 0.2) is 0 Å². The number of carbonyl (C=O) groups is 1. The minimum atomic E-state index is -0.470. The van der Waals surface area contributed by atoms with Crippen LogP contribution in [-0.2, 0) is 4.79 Å². The molecule has 0 fully saturated rings. The second kappa shape index (κ2) is 7.90. The van der Waals surface area contributed by atoms with Crippen molar-refractivity contribution >= 4 is 29.3 Å². The smallest absolute Gasteiger partial charge is 0.266 e. The van der Waals surface area contributed by atoms with Gasteiger partial charge < -0.3 is 9.88 Å². The minimum absolute atomic E-state index is 0.0196. The highest BCUT2D eigenvalue weighted by Gasteiger charge is 2.14. The zero-order chi connectivity index (χ0) is 19.4. The van der Waals surface area contributed by atoms with Crippen molar-refractivity contribution in [3.05, 3.63) is 82.3 Å². The maximum Gasteiger partial charge on any atom is 0.266 e. The molecule has 0 aliphatic heterocycles. The summed E-state index contributed by atoms with van der Waals surface area (Å²) in [6.07, 6.45) is 3.32. The van der Waals surface area contributed by atoms with Crippen LogP contribution in [0.5, 0.6) is 0 Å². The summed E-state index contributed by atoms with van der Waals surface area (Å²) >= 11 is 5.85. The zero-order valence-corrected chi connectivity index (χ0v) is 15.7. The third-order valence-electron chi connectivity index (χ3n) is 4.12. The van der Waals surface area contributed by atoms with E-state index in [2.05, 4.69) is 10.3 Å². The lowest BCUT2D eigenvalue weighted by molar-refractivity contribution is -0.112. The molecule has 3 rings (SSSR count). The fourth-order valence-electron chi connectivity index (χ4n) is 2.81. The standard InChI is InChI=1S/C21H17ClN4O/c1-14-11-16(15(2)26(14)20-5-3-4-10-24-20)12-17(13-23)21(27)25-19-8-6-18(22)7-9-19/h3-12H,1-2H3,(H,25,27)/b17-12-. The molecule has 0 aliphatic rings. The second-order valence-electron chi connectivity index (χ2n) is 5.98. The Morgan fingerprint density at radius 3 is 2.59 bits per heavy atom. The van der Waals surface area contributed by atoms with Gasteiger partial charge in [-0.3, -0.25) is 4.79 Å². The SMILES string of the molecule is Cc1cc(/C=C(/C#N)C(=O)Nc2ccc(Cl)cc2)c(C)n1-c1ccccn1. The fourth-order valence-corrected chi connectivity index (χ4v) is 2.93. The van der Waals surface area contributed by atoms with Gasteiger partial charge >= 0.3 is 0 Å². The summed E-state index contributed by atoms with van der Waals surface area (Å²) in [5.74, 6) is 0.318. The van der Waals surface area contributed by atoms with Crippen molar-refractivity contribution in [1.29, 1.82) is 5.26 Å². The highest BCUT2D eigenvalue weighted by molar-refractivity contribution is 6.30. The van der Waals surface area contributed by atoms with Gasteiger partial charge in [0.25, 0.3) is 5.91 Å². The number of halogens is 1. The normalized spacial score (nSPS) is 11.1. The number of pyridine rings is 1. The van der Waals surface area contributed by atoms with Crippen molar-refractivity contribution in [3.63, 3.8) is 0 Å². The van der Waals surface area contributed by atoms with Crippen molar-refractivity contribution in [2.75, 3.05) is 5.32 Å². The van der Waals surface area contributed by atoms with E-state index in [0.717, 1.165) is 22.8 Å². The van der Waals surface area contributed by atoms with E-state index in [-0.39, 0.29) is 5.57 Å². The Morgan fingerprint density at radius 1 is 1.22 bits per heavy atom. The van der Waals surface area contributed by atoms with E-state index >= 15 is 0 Å². The van der Waals surface area contributed by atoms with Gasteiger partial charge in [-0.1, -0.05) is 17.7 Å². The molecule has 27 heavy (non-hydrogen) atoms. The number of hydrogen-bond acceptors (Lipinski definition) is 3. The van der Waals surface area contributed by atoms with Crippen molar-refractivity contribution in [2.24, 2.45) is 0 Å². The number of nitrogens with one attached hydrogen (secondary N) is 1. The summed E-state index contributed by atoms with van der Waals surface area (Å²) in [6.45, 7) is 3.89. The highest BCUT2D eigenvalue weighted by Crippen LogP contribution is 2.22. The van der Waals surface area contributed by atoms with E-state index in [1.165, 1.54) is 0 Å². The monoisotopic (exact) mass is 376 g/mol. The predicted molar refractivity (Wildman–Crippen MR) is 107 cm³/mol. The molecule has 0 saturated heterocycles. The lowest BCUT2D eigenvalue weighted by Gasteiger charge is -2.08. The van der Waals surface area contributed by atoms with Gasteiger partial charge in [0, 0.05) is 28.3 Å². The van der Waals surface area contributed by atoms with Gasteiger partial charge in [0.2, 0.25) is 0 Å². The summed E-state index contributed by atoms with van der Waals surface area (Å²) in [7, 11) is 0. The number of rotatable bonds is 4. The first kappa shape index (κ1) is 18.4. The van der Waals surface area contributed by atoms with E-state index in [4.69, 9.17) is 11.6 Å². The van der Waals surface area contributed by atoms with Crippen molar-refractivity contribution in [3.8, 4) is 11.9 Å². The number of carbonyl (C=O) groups excluding carboxylic acids is 1. The van der Waals surface area contributed by atoms with Gasteiger partial charge in [-0.05, 0) is 68.0 Å². The quantitative estimate of drug-likeness (QED) is 0.530. The fraction of sp³-hybridized carbons (Fsp3) is 0.0952. The molecule has 0 spiro atoms. The molecule has 2 aromatic heterocycles. The Bertz CT molecular complexity index is 1040. The average Bonchev–Trinajstić information content (AvgIpc) is 2.95. The maximum atomic E-state index is 12.5. The molecule has 1 N–H and O–H groups in total. The maximum absolute atomic E-state index is 12.5. The number of aryl methyl sites for hydroxylation is 1. The van der Waals surface area contributed by atoms with Crippen LogP contribution in [0.2, 0.25) is 5.02 Å². The minimum Gasteiger partial charge on any atom is -0.321 e. The first-order valence-electron chi connectivity index (χ1n) is 8.28. The highest BCUT2D eigenvalue weighted by atomic mass is 35.5. The summed E-state index contributed by atoms with van der Waals surface area (Å²) in [5.41, 5.74) is 3.25. The van der Waals surface area contributed by atoms with Gasteiger partial charge in [-0.25, -0.2) is 4.98 Å². The lowest BCUT2D eigenvalue weighted by Crippen LogP contribution is -2.13. The van der Waals surface area contributed by atoms with Crippen LogP contribution >= 0.6 is 11.6 Å². The second-order valence-corrected chi connectivity index (χ2v) is 6.42. The number of anilines is 1. The van der Waals surface area contributed by atoms with Gasteiger partial charge in [-0.2, -0.15) is 5.26 Å². The number of aromatic nitrogens is 2. The summed E-state index contributed by atoms with van der Waals surface area (Å²) < 4.78 is 1.98. The van der Waals surface area contributed by atoms with Crippen LogP contribution in [0.4, 0.5) is 5.69 Å². The molecule has 0 radical (unpaired) electrons. The third-order valence-corrected chi connectivity index (χ3v) is 4.37. The van der Waals surface area contributed by atoms with E-state index in [1.54, 1.807) is 36.5 Å². The third kappa shape index (κ3) is 4.08. The van der Waals surface area contributed by atoms with E-state index in [9.17, 15) is 10.1 Å². The Kier molecular flexibility index (Phi) is 5.39. The van der Waals surface area contributed by atoms with Crippen LogP contribution in [0, 0.1) is 25.2 Å². The molecule has 0 aliphatic carbocycles. The Hall–Kier alpha value is -3.36. The number of nitrogens with zero attached hydrogens (tertiary/aromatic N) is 3. The van der Waals surface area contributed by atoms with Gasteiger partial charge in [-0.15, -0.1) is 0 Å². The largest absolute Gasteiger partial charge is 0.321 e. The molecule has 0 atom stereocenters. The van der Waals surface area contributed by atoms with Crippen molar-refractivity contribution in [1.82, 2.24) is 9.55 Å². The molecule has 1 aromatic carbocycles. The van der Waals surface area contributed by atoms with E-state index in [1.807, 2.05) is 48.7 Å². The molecule has 1 amide bonds. The first-order valence-corrected chi connectivity index (χ1v) is 8.66. The molecule has 0 bridgehead atoms. The van der Waals surface area contributed by atoms with Crippen LogP contribution < -0.4 is 5.32 Å². The molecule has 134 valence electrons. The number of nitriles is 1. The summed E-state index contributed by atoms with van der Waals surface area (Å²) in [6, 6.07) is 16.3. The average molecular weight is 377 g/mol. The van der Waals surface area contributed by atoms with E-state index < -0.39 is 5.91 Å². The number of hydrogen-bond donors (Lipinski definition) is 1. The van der Waals surface area contributed by atoms with Gasteiger partial charge in [0.05, 0.1) is 0 Å². The zero-order valence-electron chi connectivity index (χ0n) is 14.9. The molecule has 0 saturated carbocycles. The summed E-state index contributed by atoms with van der Waals surface area (Å²) in [4.78, 5) is 16.8. The number of amides is 1. The van der Waals surface area contributed by atoms with Crippen LogP contribution in [0.1, 0.15) is 17.0 Å². The molecule has 0 unspecified atom stereocenters. The van der Waals surface area contributed by atoms with Crippen LogP contribution in [0.3, 0.4) is 0 Å². The number of benzene rings is 1. The molecule has 3 aromatic rings. The molecule has 6 heteroatoms. The Morgan fingerprint density at radius 2 is 1.96 bits per heavy atom. The summed E-state index contributed by atoms with van der Waals surface area (Å²) in [5, 5.41) is 12.7. The van der Waals surface area contributed by atoms with Crippen molar-refractivity contribution in [2.45, 2.75) is 13.8 Å². The van der Waals surface area contributed by atoms with Crippen molar-refractivity contribution < 1.29 is 4.79 Å². The van der Waals surface area contributed by atoms with Crippen LogP contribution in [0.25, 0.3) is 11.9 Å². The Labute approximate surface area is 162 Å². The molecule has 2 heterocycles. The van der Waals surface area contributed by atoms with Crippen LogP contribution in [0.15, 0.2) is 60.3 Å². The Balaban J connectivity index is 1.91. The first-order chi connectivity index (χ1) is 13.0. The van der Waals surface area contributed by atoms with E-state index in [0.29, 0.717) is 10.7 Å². The predicted octanol–water partition coefficient (Wildman–Crippen LogP) is 4.69. The van der Waals surface area contributed by atoms with Crippen LogP contribution in [-0.4, -0.2) is 15.5 Å². The molecule has 5 nitrogen and oxygen atoms in total. The topological polar surface area (TPSA) is 70.7 Å².